The Kier molecular flexibility index (Phi) is 9.77. The minimum atomic E-state index is -4.08. The van der Waals surface area contributed by atoms with Crippen LogP contribution in [0.4, 0.5) is 14.5 Å². The number of hydrogen-bond donors (Lipinski definition) is 1. The topological polar surface area (TPSA) is 86.8 Å². The van der Waals surface area contributed by atoms with Crippen LogP contribution in [0.25, 0.3) is 0 Å². The number of anilines is 1. The number of rotatable bonds is 10. The zero-order chi connectivity index (χ0) is 27.3. The third kappa shape index (κ3) is 7.55. The summed E-state index contributed by atoms with van der Waals surface area (Å²) in [4.78, 5) is 28.2. The van der Waals surface area contributed by atoms with Crippen molar-refractivity contribution in [1.82, 2.24) is 10.2 Å². The predicted molar refractivity (Wildman–Crippen MR) is 140 cm³/mol. The first-order valence-corrected chi connectivity index (χ1v) is 14.5. The van der Waals surface area contributed by atoms with Gasteiger partial charge in [-0.25, -0.2) is 17.2 Å². The standard InChI is InChI=1S/C25H29Cl2F2N3O4S/c1-3-23(25(34)30-18-6-4-5-7-18)31(14-16-8-9-17(26)12-20(16)27)24(33)15-32(37(2,35)36)19-10-11-21(28)22(29)13-19/h8-13,18,23H,3-7,14-15H2,1-2H3,(H,30,34). The molecule has 1 unspecified atom stereocenters. The summed E-state index contributed by atoms with van der Waals surface area (Å²) >= 11 is 12.3. The van der Waals surface area contributed by atoms with E-state index in [1.54, 1.807) is 19.1 Å². The lowest BCUT2D eigenvalue weighted by molar-refractivity contribution is -0.140. The fourth-order valence-corrected chi connectivity index (χ4v) is 5.68. The highest BCUT2D eigenvalue weighted by Crippen LogP contribution is 2.26. The van der Waals surface area contributed by atoms with Gasteiger partial charge < -0.3 is 10.2 Å². The molecule has 0 saturated heterocycles. The Morgan fingerprint density at radius 1 is 1.08 bits per heavy atom. The van der Waals surface area contributed by atoms with Crippen molar-refractivity contribution in [3.8, 4) is 0 Å². The summed E-state index contributed by atoms with van der Waals surface area (Å²) in [5, 5.41) is 3.66. The summed E-state index contributed by atoms with van der Waals surface area (Å²) < 4.78 is 53.2. The molecule has 0 radical (unpaired) electrons. The SMILES string of the molecule is CCC(C(=O)NC1CCCC1)N(Cc1ccc(Cl)cc1Cl)C(=O)CN(c1ccc(F)c(F)c1)S(C)(=O)=O. The highest BCUT2D eigenvalue weighted by molar-refractivity contribution is 7.92. The van der Waals surface area contributed by atoms with Crippen molar-refractivity contribution in [1.29, 1.82) is 0 Å². The third-order valence-electron chi connectivity index (χ3n) is 6.31. The largest absolute Gasteiger partial charge is 0.352 e. The fraction of sp³-hybridized carbons (Fsp3) is 0.440. The van der Waals surface area contributed by atoms with Crippen LogP contribution in [0.3, 0.4) is 0 Å². The van der Waals surface area contributed by atoms with Crippen molar-refractivity contribution in [3.05, 3.63) is 63.6 Å². The Morgan fingerprint density at radius 3 is 2.32 bits per heavy atom. The van der Waals surface area contributed by atoms with E-state index in [2.05, 4.69) is 5.32 Å². The van der Waals surface area contributed by atoms with E-state index in [1.165, 1.54) is 11.0 Å². The molecule has 0 bridgehead atoms. The van der Waals surface area contributed by atoms with Crippen molar-refractivity contribution < 1.29 is 26.8 Å². The molecule has 2 amide bonds. The number of amides is 2. The second-order valence-electron chi connectivity index (χ2n) is 9.04. The molecule has 7 nitrogen and oxygen atoms in total. The van der Waals surface area contributed by atoms with Crippen molar-refractivity contribution in [2.24, 2.45) is 0 Å². The molecule has 0 aliphatic heterocycles. The molecule has 202 valence electrons. The molecule has 1 fully saturated rings. The Bertz CT molecular complexity index is 1260. The maximum absolute atomic E-state index is 13.9. The van der Waals surface area contributed by atoms with Gasteiger partial charge in [0.2, 0.25) is 21.8 Å². The Morgan fingerprint density at radius 2 is 1.76 bits per heavy atom. The minimum Gasteiger partial charge on any atom is -0.352 e. The Balaban J connectivity index is 1.96. The molecule has 37 heavy (non-hydrogen) atoms. The molecule has 2 aromatic carbocycles. The van der Waals surface area contributed by atoms with E-state index in [0.717, 1.165) is 44.1 Å². The van der Waals surface area contributed by atoms with E-state index in [0.29, 0.717) is 21.0 Å². The number of nitrogens with zero attached hydrogens (tertiary/aromatic N) is 2. The molecule has 0 aromatic heterocycles. The summed E-state index contributed by atoms with van der Waals surface area (Å²) in [5.41, 5.74) is 0.285. The van der Waals surface area contributed by atoms with E-state index in [1.807, 2.05) is 0 Å². The first-order valence-electron chi connectivity index (χ1n) is 11.9. The highest BCUT2D eigenvalue weighted by atomic mass is 35.5. The van der Waals surface area contributed by atoms with Crippen LogP contribution in [0, 0.1) is 11.6 Å². The van der Waals surface area contributed by atoms with Gasteiger partial charge in [0.25, 0.3) is 0 Å². The summed E-state index contributed by atoms with van der Waals surface area (Å²) in [6.45, 7) is 0.912. The van der Waals surface area contributed by atoms with Gasteiger partial charge in [-0.1, -0.05) is 49.0 Å². The molecule has 1 saturated carbocycles. The molecule has 12 heteroatoms. The zero-order valence-electron chi connectivity index (χ0n) is 20.5. The van der Waals surface area contributed by atoms with Gasteiger partial charge in [0.15, 0.2) is 11.6 Å². The molecule has 3 rings (SSSR count). The van der Waals surface area contributed by atoms with E-state index < -0.39 is 40.2 Å². The summed E-state index contributed by atoms with van der Waals surface area (Å²) in [6.07, 6.45) is 4.80. The van der Waals surface area contributed by atoms with E-state index in [4.69, 9.17) is 23.2 Å². The Hall–Kier alpha value is -2.43. The molecule has 0 spiro atoms. The van der Waals surface area contributed by atoms with Gasteiger partial charge in [0.05, 0.1) is 11.9 Å². The predicted octanol–water partition coefficient (Wildman–Crippen LogP) is 4.90. The second-order valence-corrected chi connectivity index (χ2v) is 11.8. The number of carbonyl (C=O) groups is 2. The smallest absolute Gasteiger partial charge is 0.244 e. The van der Waals surface area contributed by atoms with Crippen LogP contribution in [0.2, 0.25) is 10.0 Å². The fourth-order valence-electron chi connectivity index (χ4n) is 4.37. The van der Waals surface area contributed by atoms with E-state index in [9.17, 15) is 26.8 Å². The third-order valence-corrected chi connectivity index (χ3v) is 8.04. The first-order chi connectivity index (χ1) is 17.4. The lowest BCUT2D eigenvalue weighted by Crippen LogP contribution is -2.53. The maximum atomic E-state index is 13.9. The maximum Gasteiger partial charge on any atom is 0.244 e. The number of halogens is 4. The minimum absolute atomic E-state index is 0.00679. The van der Waals surface area contributed by atoms with Crippen LogP contribution < -0.4 is 9.62 Å². The zero-order valence-corrected chi connectivity index (χ0v) is 22.8. The monoisotopic (exact) mass is 575 g/mol. The lowest BCUT2D eigenvalue weighted by atomic mass is 10.1. The summed E-state index contributed by atoms with van der Waals surface area (Å²) in [6, 6.07) is 6.35. The van der Waals surface area contributed by atoms with Crippen LogP contribution in [-0.4, -0.2) is 50.0 Å². The number of sulfonamides is 1. The quantitative estimate of drug-likeness (QED) is 0.436. The average Bonchev–Trinajstić information content (AvgIpc) is 3.32. The lowest BCUT2D eigenvalue weighted by Gasteiger charge is -2.33. The summed E-state index contributed by atoms with van der Waals surface area (Å²) in [7, 11) is -4.08. The van der Waals surface area contributed by atoms with Gasteiger partial charge in [-0.05, 0) is 49.1 Å². The second kappa shape index (κ2) is 12.4. The van der Waals surface area contributed by atoms with Crippen molar-refractivity contribution in [2.45, 2.75) is 57.7 Å². The highest BCUT2D eigenvalue weighted by Gasteiger charge is 2.33. The molecular formula is C25H29Cl2F2N3O4S. The van der Waals surface area contributed by atoms with Crippen molar-refractivity contribution in [2.75, 3.05) is 17.1 Å². The molecule has 0 heterocycles. The molecule has 1 aliphatic carbocycles. The van der Waals surface area contributed by atoms with Crippen LogP contribution in [-0.2, 0) is 26.2 Å². The summed E-state index contributed by atoms with van der Waals surface area (Å²) in [5.74, 6) is -3.48. The number of carbonyl (C=O) groups excluding carboxylic acids is 2. The van der Waals surface area contributed by atoms with Crippen LogP contribution >= 0.6 is 23.2 Å². The van der Waals surface area contributed by atoms with Gasteiger partial charge >= 0.3 is 0 Å². The van der Waals surface area contributed by atoms with E-state index in [-0.39, 0.29) is 35.6 Å². The van der Waals surface area contributed by atoms with Crippen LogP contribution in [0.1, 0.15) is 44.6 Å². The molecule has 1 N–H and O–H groups in total. The van der Waals surface area contributed by atoms with Crippen LogP contribution in [0.15, 0.2) is 36.4 Å². The van der Waals surface area contributed by atoms with Gasteiger partial charge in [-0.15, -0.1) is 0 Å². The van der Waals surface area contributed by atoms with Gasteiger partial charge in [-0.3, -0.25) is 13.9 Å². The number of nitrogens with one attached hydrogen (secondary N) is 1. The Labute approximate surface area is 225 Å². The van der Waals surface area contributed by atoms with Gasteiger partial charge in [0, 0.05) is 28.7 Å². The molecule has 1 aliphatic rings. The first kappa shape index (κ1) is 29.1. The van der Waals surface area contributed by atoms with Crippen molar-refractivity contribution in [3.63, 3.8) is 0 Å². The molecule has 2 aromatic rings. The van der Waals surface area contributed by atoms with Gasteiger partial charge in [0.1, 0.15) is 12.6 Å². The van der Waals surface area contributed by atoms with Gasteiger partial charge in [-0.2, -0.15) is 0 Å². The van der Waals surface area contributed by atoms with E-state index >= 15 is 0 Å². The van der Waals surface area contributed by atoms with Crippen LogP contribution in [0.5, 0.6) is 0 Å². The molecular weight excluding hydrogens is 547 g/mol. The average molecular weight is 576 g/mol. The number of hydrogen-bond acceptors (Lipinski definition) is 4. The normalized spacial score (nSPS) is 14.9. The molecule has 1 atom stereocenters. The van der Waals surface area contributed by atoms with Crippen molar-refractivity contribution >= 4 is 50.7 Å². The number of benzene rings is 2.